The van der Waals surface area contributed by atoms with Crippen LogP contribution < -0.4 is 0 Å². The number of nitrogens with zero attached hydrogens (tertiary/aromatic N) is 2. The standard InChI is InChI=1S/C11H12BrIN2/c1-7(2)5-15-6-9(13)10-8(12)3-4-14-11(10)15/h3-4,6-7H,5H2,1-2H3. The number of rotatable bonds is 2. The molecule has 2 aromatic heterocycles. The zero-order valence-electron chi connectivity index (χ0n) is 8.67. The van der Waals surface area contributed by atoms with Gasteiger partial charge in [-0.2, -0.15) is 0 Å². The highest BCUT2D eigenvalue weighted by atomic mass is 127. The third kappa shape index (κ3) is 2.20. The number of fused-ring (bicyclic) bond motifs is 1. The predicted octanol–water partition coefficient (Wildman–Crippen LogP) is 4.06. The van der Waals surface area contributed by atoms with Gasteiger partial charge in [-0.15, -0.1) is 0 Å². The van der Waals surface area contributed by atoms with Crippen LogP contribution in [0, 0.1) is 9.49 Å². The zero-order valence-corrected chi connectivity index (χ0v) is 12.4. The highest BCUT2D eigenvalue weighted by Gasteiger charge is 2.10. The van der Waals surface area contributed by atoms with Crippen LogP contribution in [0.5, 0.6) is 0 Å². The van der Waals surface area contributed by atoms with Crippen molar-refractivity contribution in [3.63, 3.8) is 0 Å². The lowest BCUT2D eigenvalue weighted by Gasteiger charge is -2.07. The Morgan fingerprint density at radius 2 is 2.27 bits per heavy atom. The lowest BCUT2D eigenvalue weighted by molar-refractivity contribution is 0.532. The van der Waals surface area contributed by atoms with Gasteiger partial charge in [-0.3, -0.25) is 0 Å². The van der Waals surface area contributed by atoms with Gasteiger partial charge in [-0.25, -0.2) is 4.98 Å². The first-order valence-electron chi connectivity index (χ1n) is 4.88. The van der Waals surface area contributed by atoms with Crippen LogP contribution >= 0.6 is 38.5 Å². The number of hydrogen-bond donors (Lipinski definition) is 0. The number of hydrogen-bond acceptors (Lipinski definition) is 1. The molecule has 0 amide bonds. The Bertz CT molecular complexity index is 491. The smallest absolute Gasteiger partial charge is 0.142 e. The van der Waals surface area contributed by atoms with Crippen LogP contribution in [-0.4, -0.2) is 9.55 Å². The number of aromatic nitrogens is 2. The Balaban J connectivity index is 2.63. The van der Waals surface area contributed by atoms with Gasteiger partial charge in [0.05, 0.1) is 0 Å². The van der Waals surface area contributed by atoms with Gasteiger partial charge in [0.1, 0.15) is 5.65 Å². The van der Waals surface area contributed by atoms with Crippen molar-refractivity contribution in [2.45, 2.75) is 20.4 Å². The van der Waals surface area contributed by atoms with E-state index in [4.69, 9.17) is 0 Å². The van der Waals surface area contributed by atoms with Crippen LogP contribution in [0.1, 0.15) is 13.8 Å². The molecule has 0 spiro atoms. The summed E-state index contributed by atoms with van der Waals surface area (Å²) in [6.45, 7) is 5.45. The topological polar surface area (TPSA) is 17.8 Å². The molecule has 2 heterocycles. The average molecular weight is 379 g/mol. The minimum Gasteiger partial charge on any atom is -0.331 e. The van der Waals surface area contributed by atoms with E-state index in [-0.39, 0.29) is 0 Å². The molecule has 0 N–H and O–H groups in total. The van der Waals surface area contributed by atoms with Crippen LogP contribution in [-0.2, 0) is 6.54 Å². The number of pyridine rings is 1. The first-order valence-corrected chi connectivity index (χ1v) is 6.75. The van der Waals surface area contributed by atoms with Crippen molar-refractivity contribution in [2.24, 2.45) is 5.92 Å². The van der Waals surface area contributed by atoms with Crippen molar-refractivity contribution >= 4 is 49.6 Å². The van der Waals surface area contributed by atoms with Gasteiger partial charge in [0.2, 0.25) is 0 Å². The van der Waals surface area contributed by atoms with E-state index in [1.807, 2.05) is 12.3 Å². The van der Waals surface area contributed by atoms with Crippen molar-refractivity contribution in [3.05, 3.63) is 26.5 Å². The minimum absolute atomic E-state index is 0.636. The second-order valence-electron chi connectivity index (χ2n) is 4.01. The fraction of sp³-hybridized carbons (Fsp3) is 0.364. The van der Waals surface area contributed by atoms with E-state index in [0.29, 0.717) is 5.92 Å². The molecule has 0 unspecified atom stereocenters. The summed E-state index contributed by atoms with van der Waals surface area (Å²) in [5, 5.41) is 1.22. The van der Waals surface area contributed by atoms with Crippen LogP contribution in [0.3, 0.4) is 0 Å². The van der Waals surface area contributed by atoms with Gasteiger partial charge < -0.3 is 4.57 Å². The summed E-state index contributed by atoms with van der Waals surface area (Å²) in [5.74, 6) is 0.636. The molecule has 0 atom stereocenters. The Kier molecular flexibility index (Phi) is 3.35. The van der Waals surface area contributed by atoms with E-state index in [1.165, 1.54) is 8.96 Å². The Labute approximate surface area is 111 Å². The van der Waals surface area contributed by atoms with Crippen LogP contribution in [0.15, 0.2) is 22.9 Å². The molecule has 0 saturated carbocycles. The van der Waals surface area contributed by atoms with E-state index in [0.717, 1.165) is 16.7 Å². The van der Waals surface area contributed by atoms with Crippen molar-refractivity contribution in [3.8, 4) is 0 Å². The average Bonchev–Trinajstić information content (AvgIpc) is 2.44. The maximum atomic E-state index is 4.44. The quantitative estimate of drug-likeness (QED) is 0.720. The molecule has 2 rings (SSSR count). The van der Waals surface area contributed by atoms with E-state index in [2.05, 4.69) is 68.1 Å². The van der Waals surface area contributed by atoms with E-state index in [1.54, 1.807) is 0 Å². The predicted molar refractivity (Wildman–Crippen MR) is 75.0 cm³/mol. The first-order chi connectivity index (χ1) is 7.09. The normalized spacial score (nSPS) is 11.5. The second kappa shape index (κ2) is 4.41. The van der Waals surface area contributed by atoms with Gasteiger partial charge >= 0.3 is 0 Å². The zero-order chi connectivity index (χ0) is 11.0. The van der Waals surface area contributed by atoms with Gasteiger partial charge in [0.25, 0.3) is 0 Å². The monoisotopic (exact) mass is 378 g/mol. The fourth-order valence-electron chi connectivity index (χ4n) is 1.66. The maximum absolute atomic E-state index is 4.44. The Hall–Kier alpha value is -0.100. The lowest BCUT2D eigenvalue weighted by atomic mass is 10.2. The molecule has 0 aliphatic heterocycles. The third-order valence-electron chi connectivity index (χ3n) is 2.22. The van der Waals surface area contributed by atoms with Gasteiger partial charge in [-0.1, -0.05) is 13.8 Å². The summed E-state index contributed by atoms with van der Waals surface area (Å²) in [5.41, 5.74) is 1.07. The molecule has 0 radical (unpaired) electrons. The summed E-state index contributed by atoms with van der Waals surface area (Å²) in [6.07, 6.45) is 4.02. The molecule has 2 nitrogen and oxygen atoms in total. The SMILES string of the molecule is CC(C)Cn1cc(I)c2c(Br)ccnc21. The van der Waals surface area contributed by atoms with Crippen molar-refractivity contribution < 1.29 is 0 Å². The largest absolute Gasteiger partial charge is 0.331 e. The fourth-order valence-corrected chi connectivity index (χ4v) is 3.41. The molecule has 4 heteroatoms. The summed E-state index contributed by atoms with van der Waals surface area (Å²) >= 11 is 5.93. The molecule has 0 fully saturated rings. The molecule has 2 aromatic rings. The minimum atomic E-state index is 0.636. The van der Waals surface area contributed by atoms with Gasteiger partial charge in [-0.05, 0) is 50.5 Å². The van der Waals surface area contributed by atoms with Gasteiger partial charge in [0, 0.05) is 32.4 Å². The Morgan fingerprint density at radius 3 is 2.93 bits per heavy atom. The molecule has 0 aromatic carbocycles. The molecule has 0 aliphatic carbocycles. The highest BCUT2D eigenvalue weighted by Crippen LogP contribution is 2.28. The highest BCUT2D eigenvalue weighted by molar-refractivity contribution is 14.1. The first kappa shape index (κ1) is 11.4. The maximum Gasteiger partial charge on any atom is 0.142 e. The lowest BCUT2D eigenvalue weighted by Crippen LogP contribution is -2.03. The molecule has 0 saturated heterocycles. The van der Waals surface area contributed by atoms with Crippen molar-refractivity contribution in [1.82, 2.24) is 9.55 Å². The molecule has 0 aliphatic rings. The van der Waals surface area contributed by atoms with E-state index in [9.17, 15) is 0 Å². The summed E-state index contributed by atoms with van der Waals surface area (Å²) in [6, 6.07) is 1.99. The summed E-state index contributed by atoms with van der Waals surface area (Å²) < 4.78 is 4.61. The molecular formula is C11H12BrIN2. The molecular weight excluding hydrogens is 367 g/mol. The Morgan fingerprint density at radius 1 is 1.53 bits per heavy atom. The molecule has 0 bridgehead atoms. The van der Waals surface area contributed by atoms with Crippen LogP contribution in [0.4, 0.5) is 0 Å². The van der Waals surface area contributed by atoms with Crippen LogP contribution in [0.2, 0.25) is 0 Å². The van der Waals surface area contributed by atoms with Crippen molar-refractivity contribution in [1.29, 1.82) is 0 Å². The molecule has 15 heavy (non-hydrogen) atoms. The number of halogens is 2. The van der Waals surface area contributed by atoms with Crippen LogP contribution in [0.25, 0.3) is 11.0 Å². The van der Waals surface area contributed by atoms with Crippen molar-refractivity contribution in [2.75, 3.05) is 0 Å². The second-order valence-corrected chi connectivity index (χ2v) is 6.03. The summed E-state index contributed by atoms with van der Waals surface area (Å²) in [7, 11) is 0. The van der Waals surface area contributed by atoms with E-state index >= 15 is 0 Å². The molecule has 80 valence electrons. The summed E-state index contributed by atoms with van der Waals surface area (Å²) in [4.78, 5) is 4.44. The van der Waals surface area contributed by atoms with Gasteiger partial charge in [0.15, 0.2) is 0 Å². The van der Waals surface area contributed by atoms with E-state index < -0.39 is 0 Å². The third-order valence-corrected chi connectivity index (χ3v) is 3.70.